The number of nitrogens with one attached hydrogen (secondary N) is 1. The molecule has 2 aromatic heterocycles. The Bertz CT molecular complexity index is 1620. The quantitative estimate of drug-likeness (QED) is 0.362. The largest absolute Gasteiger partial charge is 0.352 e. The van der Waals surface area contributed by atoms with Gasteiger partial charge < -0.3 is 5.32 Å². The molecule has 0 aliphatic carbocycles. The highest BCUT2D eigenvalue weighted by molar-refractivity contribution is 7.90. The third-order valence-corrected chi connectivity index (χ3v) is 7.54. The lowest BCUT2D eigenvalue weighted by Gasteiger charge is -2.09. The molecule has 0 radical (unpaired) electrons. The minimum absolute atomic E-state index is 0.136. The predicted molar refractivity (Wildman–Crippen MR) is 134 cm³/mol. The molecule has 6 nitrogen and oxygen atoms in total. The van der Waals surface area contributed by atoms with Gasteiger partial charge in [-0.15, -0.1) is 0 Å². The van der Waals surface area contributed by atoms with Crippen LogP contribution in [0.4, 0.5) is 0 Å². The number of hydrogen-bond donors (Lipinski definition) is 1. The number of fused-ring (bicyclic) bond motifs is 3. The highest BCUT2D eigenvalue weighted by atomic mass is 35.5. The number of benzene rings is 3. The van der Waals surface area contributed by atoms with Crippen molar-refractivity contribution in [1.29, 1.82) is 0 Å². The van der Waals surface area contributed by atoms with E-state index in [1.807, 2.05) is 30.3 Å². The molecule has 0 saturated carbocycles. The second kappa shape index (κ2) is 8.93. The number of amides is 1. The van der Waals surface area contributed by atoms with Crippen LogP contribution < -0.4 is 5.32 Å². The standard InChI is InChI=1S/C26H20ClN3O3S/c27-20-16-23-22-15-18(13-14-28-26(31)19-7-3-1-4-8-19)11-12-24(22)30(25(23)29-17-20)34(32,33)21-9-5-2-6-10-21/h1-12,15-17H,13-14H2,(H,28,31). The summed E-state index contributed by atoms with van der Waals surface area (Å²) < 4.78 is 28.3. The number of carbonyl (C=O) groups excluding carboxylic acids is 1. The molecule has 8 heteroatoms. The second-order valence-electron chi connectivity index (χ2n) is 7.83. The lowest BCUT2D eigenvalue weighted by Crippen LogP contribution is -2.25. The Hall–Kier alpha value is -3.68. The molecular weight excluding hydrogens is 470 g/mol. The van der Waals surface area contributed by atoms with Crippen molar-refractivity contribution in [2.45, 2.75) is 11.3 Å². The molecule has 1 amide bonds. The van der Waals surface area contributed by atoms with Gasteiger partial charge in [-0.3, -0.25) is 4.79 Å². The van der Waals surface area contributed by atoms with Gasteiger partial charge in [0.1, 0.15) is 0 Å². The number of carbonyl (C=O) groups is 1. The summed E-state index contributed by atoms with van der Waals surface area (Å²) in [7, 11) is -3.88. The van der Waals surface area contributed by atoms with E-state index < -0.39 is 10.0 Å². The van der Waals surface area contributed by atoms with Gasteiger partial charge in [-0.25, -0.2) is 17.4 Å². The zero-order chi connectivity index (χ0) is 23.7. The molecule has 0 bridgehead atoms. The van der Waals surface area contributed by atoms with Crippen molar-refractivity contribution in [3.05, 3.63) is 107 Å². The predicted octanol–water partition coefficient (Wildman–Crippen LogP) is 5.05. The fourth-order valence-electron chi connectivity index (χ4n) is 3.99. The summed E-state index contributed by atoms with van der Waals surface area (Å²) in [5, 5.41) is 4.72. The van der Waals surface area contributed by atoms with Crippen molar-refractivity contribution >= 4 is 49.5 Å². The van der Waals surface area contributed by atoms with Crippen molar-refractivity contribution in [1.82, 2.24) is 14.3 Å². The Kier molecular flexibility index (Phi) is 5.81. The van der Waals surface area contributed by atoms with E-state index in [0.717, 1.165) is 10.9 Å². The maximum absolute atomic E-state index is 13.5. The zero-order valence-corrected chi connectivity index (χ0v) is 19.6. The number of hydrogen-bond acceptors (Lipinski definition) is 4. The van der Waals surface area contributed by atoms with Gasteiger partial charge in [0.15, 0.2) is 5.65 Å². The fraction of sp³-hybridized carbons (Fsp3) is 0.0769. The van der Waals surface area contributed by atoms with Crippen LogP contribution in [0.1, 0.15) is 15.9 Å². The van der Waals surface area contributed by atoms with Gasteiger partial charge in [0.2, 0.25) is 0 Å². The second-order valence-corrected chi connectivity index (χ2v) is 10.1. The van der Waals surface area contributed by atoms with Gasteiger partial charge in [0, 0.05) is 29.1 Å². The van der Waals surface area contributed by atoms with Crippen molar-refractivity contribution in [2.24, 2.45) is 0 Å². The number of pyridine rings is 1. The number of aromatic nitrogens is 2. The average Bonchev–Trinajstić information content (AvgIpc) is 3.18. The molecule has 0 saturated heterocycles. The lowest BCUT2D eigenvalue weighted by molar-refractivity contribution is 0.0954. The fourth-order valence-corrected chi connectivity index (χ4v) is 5.65. The summed E-state index contributed by atoms with van der Waals surface area (Å²) in [4.78, 5) is 16.8. The minimum atomic E-state index is -3.88. The first-order chi connectivity index (χ1) is 16.4. The van der Waals surface area contributed by atoms with Crippen molar-refractivity contribution in [3.8, 4) is 0 Å². The molecule has 2 heterocycles. The first-order valence-electron chi connectivity index (χ1n) is 10.7. The Morgan fingerprint density at radius 3 is 2.35 bits per heavy atom. The molecule has 5 rings (SSSR count). The molecule has 0 unspecified atom stereocenters. The molecule has 3 aromatic carbocycles. The molecule has 0 aliphatic heterocycles. The van der Waals surface area contributed by atoms with Crippen LogP contribution in [0.25, 0.3) is 21.9 Å². The maximum Gasteiger partial charge on any atom is 0.269 e. The van der Waals surface area contributed by atoms with Crippen LogP contribution in [0, 0.1) is 0 Å². The Morgan fingerprint density at radius 2 is 1.62 bits per heavy atom. The van der Waals surface area contributed by atoms with Gasteiger partial charge in [0.25, 0.3) is 15.9 Å². The van der Waals surface area contributed by atoms with E-state index in [0.29, 0.717) is 40.1 Å². The molecular formula is C26H20ClN3O3S. The Labute approximate surface area is 201 Å². The molecule has 0 fully saturated rings. The van der Waals surface area contributed by atoms with Crippen molar-refractivity contribution in [2.75, 3.05) is 6.54 Å². The third kappa shape index (κ3) is 4.04. The van der Waals surface area contributed by atoms with Crippen molar-refractivity contribution in [3.63, 3.8) is 0 Å². The van der Waals surface area contributed by atoms with Crippen LogP contribution in [-0.2, 0) is 16.4 Å². The molecule has 0 aliphatic rings. The zero-order valence-electron chi connectivity index (χ0n) is 18.0. The van der Waals surface area contributed by atoms with E-state index in [2.05, 4.69) is 10.3 Å². The summed E-state index contributed by atoms with van der Waals surface area (Å²) >= 11 is 6.21. The van der Waals surface area contributed by atoms with Crippen LogP contribution >= 0.6 is 11.6 Å². The van der Waals surface area contributed by atoms with Crippen LogP contribution in [0.15, 0.2) is 96.0 Å². The van der Waals surface area contributed by atoms with Crippen molar-refractivity contribution < 1.29 is 13.2 Å². The topological polar surface area (TPSA) is 81.1 Å². The summed E-state index contributed by atoms with van der Waals surface area (Å²) in [5.41, 5.74) is 2.40. The van der Waals surface area contributed by atoms with E-state index in [1.165, 1.54) is 10.2 Å². The molecule has 1 N–H and O–H groups in total. The average molecular weight is 490 g/mol. The van der Waals surface area contributed by atoms with Gasteiger partial charge in [0.05, 0.1) is 15.4 Å². The van der Waals surface area contributed by atoms with E-state index in [9.17, 15) is 13.2 Å². The Balaban J connectivity index is 1.52. The lowest BCUT2D eigenvalue weighted by atomic mass is 10.1. The molecule has 0 spiro atoms. The Morgan fingerprint density at radius 1 is 0.912 bits per heavy atom. The minimum Gasteiger partial charge on any atom is -0.352 e. The maximum atomic E-state index is 13.5. The van der Waals surface area contributed by atoms with Crippen LogP contribution in [0.3, 0.4) is 0 Å². The third-order valence-electron chi connectivity index (χ3n) is 5.61. The van der Waals surface area contributed by atoms with Gasteiger partial charge in [-0.05, 0) is 54.4 Å². The van der Waals surface area contributed by atoms with E-state index >= 15 is 0 Å². The number of nitrogens with zero attached hydrogens (tertiary/aromatic N) is 2. The summed E-state index contributed by atoms with van der Waals surface area (Å²) in [6.45, 7) is 0.444. The van der Waals surface area contributed by atoms with E-state index in [4.69, 9.17) is 11.6 Å². The number of halogens is 1. The van der Waals surface area contributed by atoms with Crippen LogP contribution in [0.2, 0.25) is 5.02 Å². The SMILES string of the molecule is O=C(NCCc1ccc2c(c1)c1cc(Cl)cnc1n2S(=O)(=O)c1ccccc1)c1ccccc1. The van der Waals surface area contributed by atoms with Gasteiger partial charge in [-0.1, -0.05) is 54.1 Å². The summed E-state index contributed by atoms with van der Waals surface area (Å²) in [6, 6.07) is 24.6. The molecule has 170 valence electrons. The summed E-state index contributed by atoms with van der Waals surface area (Å²) in [6.07, 6.45) is 2.03. The monoisotopic (exact) mass is 489 g/mol. The normalized spacial score (nSPS) is 11.7. The molecule has 34 heavy (non-hydrogen) atoms. The first kappa shape index (κ1) is 22.1. The van der Waals surface area contributed by atoms with Crippen LogP contribution in [-0.4, -0.2) is 29.8 Å². The van der Waals surface area contributed by atoms with E-state index in [1.54, 1.807) is 54.6 Å². The number of rotatable bonds is 6. The highest BCUT2D eigenvalue weighted by Crippen LogP contribution is 2.33. The highest BCUT2D eigenvalue weighted by Gasteiger charge is 2.24. The van der Waals surface area contributed by atoms with E-state index in [-0.39, 0.29) is 10.8 Å². The smallest absolute Gasteiger partial charge is 0.269 e. The first-order valence-corrected chi connectivity index (χ1v) is 12.5. The van der Waals surface area contributed by atoms with Crippen LogP contribution in [0.5, 0.6) is 0 Å². The van der Waals surface area contributed by atoms with Gasteiger partial charge >= 0.3 is 0 Å². The van der Waals surface area contributed by atoms with Gasteiger partial charge in [-0.2, -0.15) is 0 Å². The molecule has 0 atom stereocenters. The molecule has 5 aromatic rings. The summed E-state index contributed by atoms with van der Waals surface area (Å²) in [5.74, 6) is -0.136.